The summed E-state index contributed by atoms with van der Waals surface area (Å²) in [6, 6.07) is 0. The van der Waals surface area contributed by atoms with Gasteiger partial charge in [0.15, 0.2) is 11.0 Å². The van der Waals surface area contributed by atoms with Gasteiger partial charge in [0.25, 0.3) is 0 Å². The standard InChI is InChI=1S/C11H15N7S/c12-15-8-6-13-7-10(14-8)19-11-17-16-9-4-2-1-3-5-18(9)11/h6-7H,1-5,12H2,(H,14,15). The second-order valence-corrected chi connectivity index (χ2v) is 5.34. The Morgan fingerprint density at radius 1 is 1.21 bits per heavy atom. The van der Waals surface area contributed by atoms with Gasteiger partial charge in [-0.05, 0) is 24.6 Å². The first-order valence-electron chi connectivity index (χ1n) is 6.25. The van der Waals surface area contributed by atoms with E-state index in [1.54, 1.807) is 12.4 Å². The molecule has 3 heterocycles. The zero-order chi connectivity index (χ0) is 13.1. The number of hydrazine groups is 1. The Hall–Kier alpha value is -1.67. The minimum absolute atomic E-state index is 0.542. The maximum atomic E-state index is 5.33. The van der Waals surface area contributed by atoms with Gasteiger partial charge in [-0.15, -0.1) is 10.2 Å². The molecular formula is C11H15N7S. The summed E-state index contributed by atoms with van der Waals surface area (Å²) in [7, 11) is 0. The van der Waals surface area contributed by atoms with Gasteiger partial charge in [-0.2, -0.15) is 0 Å². The highest BCUT2D eigenvalue weighted by Gasteiger charge is 2.16. The number of aryl methyl sites for hydroxylation is 1. The maximum Gasteiger partial charge on any atom is 0.197 e. The normalized spacial score (nSPS) is 14.8. The van der Waals surface area contributed by atoms with Gasteiger partial charge in [-0.3, -0.25) is 4.98 Å². The number of nitrogens with zero attached hydrogens (tertiary/aromatic N) is 5. The molecule has 7 nitrogen and oxygen atoms in total. The van der Waals surface area contributed by atoms with Crippen LogP contribution in [0.3, 0.4) is 0 Å². The van der Waals surface area contributed by atoms with Crippen LogP contribution in [-0.2, 0) is 13.0 Å². The van der Waals surface area contributed by atoms with Gasteiger partial charge in [0.2, 0.25) is 0 Å². The van der Waals surface area contributed by atoms with Crippen LogP contribution in [0.4, 0.5) is 5.82 Å². The van der Waals surface area contributed by atoms with Crippen LogP contribution in [0.2, 0.25) is 0 Å². The van der Waals surface area contributed by atoms with Crippen molar-refractivity contribution in [2.45, 2.75) is 42.4 Å². The molecule has 0 bridgehead atoms. The first-order chi connectivity index (χ1) is 9.36. The topological polar surface area (TPSA) is 94.5 Å². The van der Waals surface area contributed by atoms with Crippen LogP contribution >= 0.6 is 11.8 Å². The highest BCUT2D eigenvalue weighted by Crippen LogP contribution is 2.27. The summed E-state index contributed by atoms with van der Waals surface area (Å²) >= 11 is 1.47. The molecule has 0 spiro atoms. The van der Waals surface area contributed by atoms with Crippen molar-refractivity contribution in [1.29, 1.82) is 0 Å². The van der Waals surface area contributed by atoms with Crippen molar-refractivity contribution in [3.63, 3.8) is 0 Å². The Balaban J connectivity index is 1.84. The molecule has 100 valence electrons. The van der Waals surface area contributed by atoms with E-state index in [1.807, 2.05) is 0 Å². The van der Waals surface area contributed by atoms with Crippen LogP contribution in [0.15, 0.2) is 22.6 Å². The van der Waals surface area contributed by atoms with E-state index in [-0.39, 0.29) is 0 Å². The highest BCUT2D eigenvalue weighted by molar-refractivity contribution is 7.99. The van der Waals surface area contributed by atoms with Crippen molar-refractivity contribution in [2.24, 2.45) is 5.84 Å². The van der Waals surface area contributed by atoms with Crippen LogP contribution in [0, 0.1) is 0 Å². The number of nitrogens with two attached hydrogens (primary N) is 1. The Morgan fingerprint density at radius 3 is 3.05 bits per heavy atom. The van der Waals surface area contributed by atoms with Crippen molar-refractivity contribution in [1.82, 2.24) is 24.7 Å². The minimum atomic E-state index is 0.542. The lowest BCUT2D eigenvalue weighted by molar-refractivity contribution is 0.590. The quantitative estimate of drug-likeness (QED) is 0.643. The molecule has 0 radical (unpaired) electrons. The van der Waals surface area contributed by atoms with Crippen LogP contribution in [0.25, 0.3) is 0 Å². The van der Waals surface area contributed by atoms with Crippen LogP contribution in [-0.4, -0.2) is 24.7 Å². The smallest absolute Gasteiger partial charge is 0.197 e. The second-order valence-electron chi connectivity index (χ2n) is 4.35. The minimum Gasteiger partial charge on any atom is -0.307 e. The number of nitrogens with one attached hydrogen (secondary N) is 1. The molecule has 0 amide bonds. The summed E-state index contributed by atoms with van der Waals surface area (Å²) in [5.74, 6) is 6.94. The Kier molecular flexibility index (Phi) is 3.60. The fourth-order valence-corrected chi connectivity index (χ4v) is 2.93. The van der Waals surface area contributed by atoms with Crippen LogP contribution in [0.1, 0.15) is 25.1 Å². The van der Waals surface area contributed by atoms with Crippen molar-refractivity contribution in [3.8, 4) is 0 Å². The number of hydrogen-bond donors (Lipinski definition) is 2. The summed E-state index contributed by atoms with van der Waals surface area (Å²) in [6.45, 7) is 0.979. The van der Waals surface area contributed by atoms with Crippen LogP contribution < -0.4 is 11.3 Å². The van der Waals surface area contributed by atoms with Gasteiger partial charge >= 0.3 is 0 Å². The summed E-state index contributed by atoms with van der Waals surface area (Å²) in [5.41, 5.74) is 2.49. The van der Waals surface area contributed by atoms with Gasteiger partial charge in [-0.1, -0.05) is 6.42 Å². The molecule has 0 saturated heterocycles. The van der Waals surface area contributed by atoms with E-state index in [1.165, 1.54) is 31.0 Å². The monoisotopic (exact) mass is 277 g/mol. The molecule has 0 aliphatic carbocycles. The molecule has 8 heteroatoms. The number of aromatic nitrogens is 5. The predicted octanol–water partition coefficient (Wildman–Crippen LogP) is 1.23. The average Bonchev–Trinajstić information content (AvgIpc) is 2.68. The van der Waals surface area contributed by atoms with Gasteiger partial charge in [0.1, 0.15) is 10.9 Å². The van der Waals surface area contributed by atoms with E-state index >= 15 is 0 Å². The number of fused-ring (bicyclic) bond motifs is 1. The average molecular weight is 277 g/mol. The maximum absolute atomic E-state index is 5.33. The third kappa shape index (κ3) is 2.69. The summed E-state index contributed by atoms with van der Waals surface area (Å²) < 4.78 is 2.18. The van der Waals surface area contributed by atoms with Crippen LogP contribution in [0.5, 0.6) is 0 Å². The van der Waals surface area contributed by atoms with E-state index in [0.29, 0.717) is 5.82 Å². The van der Waals surface area contributed by atoms with Gasteiger partial charge < -0.3 is 9.99 Å². The molecule has 0 unspecified atom stereocenters. The summed E-state index contributed by atoms with van der Waals surface area (Å²) in [6.07, 6.45) is 7.89. The molecule has 1 aliphatic heterocycles. The number of hydrogen-bond acceptors (Lipinski definition) is 7. The lowest BCUT2D eigenvalue weighted by Crippen LogP contribution is -2.09. The van der Waals surface area contributed by atoms with Crippen molar-refractivity contribution in [2.75, 3.05) is 5.43 Å². The summed E-state index contributed by atoms with van der Waals surface area (Å²) in [4.78, 5) is 8.41. The van der Waals surface area contributed by atoms with E-state index in [2.05, 4.69) is 30.2 Å². The van der Waals surface area contributed by atoms with Gasteiger partial charge in [-0.25, -0.2) is 10.8 Å². The molecule has 3 rings (SSSR count). The zero-order valence-electron chi connectivity index (χ0n) is 10.4. The molecule has 2 aromatic heterocycles. The Labute approximate surface area is 115 Å². The van der Waals surface area contributed by atoms with Crippen molar-refractivity contribution in [3.05, 3.63) is 18.2 Å². The Morgan fingerprint density at radius 2 is 2.16 bits per heavy atom. The van der Waals surface area contributed by atoms with Crippen molar-refractivity contribution < 1.29 is 0 Å². The third-order valence-electron chi connectivity index (χ3n) is 3.03. The van der Waals surface area contributed by atoms with Crippen molar-refractivity contribution >= 4 is 17.6 Å². The second kappa shape index (κ2) is 5.54. The first kappa shape index (κ1) is 12.4. The first-order valence-corrected chi connectivity index (χ1v) is 7.07. The fourth-order valence-electron chi connectivity index (χ4n) is 2.09. The summed E-state index contributed by atoms with van der Waals surface area (Å²) in [5, 5.41) is 10.1. The van der Waals surface area contributed by atoms with Gasteiger partial charge in [0.05, 0.1) is 12.4 Å². The zero-order valence-corrected chi connectivity index (χ0v) is 11.2. The molecule has 2 aromatic rings. The molecule has 1 aliphatic rings. The third-order valence-corrected chi connectivity index (χ3v) is 3.92. The molecule has 0 aromatic carbocycles. The number of rotatable bonds is 3. The highest BCUT2D eigenvalue weighted by atomic mass is 32.2. The van der Waals surface area contributed by atoms with E-state index in [4.69, 9.17) is 5.84 Å². The fraction of sp³-hybridized carbons (Fsp3) is 0.455. The lowest BCUT2D eigenvalue weighted by Gasteiger charge is -2.06. The molecule has 3 N–H and O–H groups in total. The number of nitrogen functional groups attached to an aromatic ring is 1. The van der Waals surface area contributed by atoms with E-state index in [0.717, 1.165) is 29.0 Å². The SMILES string of the molecule is NNc1cncc(Sc2nnc3n2CCCCC3)n1. The largest absolute Gasteiger partial charge is 0.307 e. The van der Waals surface area contributed by atoms with Gasteiger partial charge in [0, 0.05) is 13.0 Å². The molecule has 0 fully saturated rings. The Bertz CT molecular complexity index is 568. The molecule has 0 saturated carbocycles. The molecule has 19 heavy (non-hydrogen) atoms. The van der Waals surface area contributed by atoms with E-state index in [9.17, 15) is 0 Å². The lowest BCUT2D eigenvalue weighted by atomic mass is 10.2. The molecule has 0 atom stereocenters. The molecular weight excluding hydrogens is 262 g/mol. The van der Waals surface area contributed by atoms with E-state index < -0.39 is 0 Å². The number of anilines is 1. The predicted molar refractivity (Wildman–Crippen MR) is 71.5 cm³/mol.